The van der Waals surface area contributed by atoms with Gasteiger partial charge in [-0.2, -0.15) is 0 Å². The van der Waals surface area contributed by atoms with Crippen molar-refractivity contribution in [1.29, 1.82) is 0 Å². The molecule has 3 rings (SSSR count). The average Bonchev–Trinajstić information content (AvgIpc) is 3.43. The van der Waals surface area contributed by atoms with E-state index in [0.717, 1.165) is 16.2 Å². The van der Waals surface area contributed by atoms with Crippen molar-refractivity contribution in [3.8, 4) is 0 Å². The molecule has 0 unspecified atom stereocenters. The maximum absolute atomic E-state index is 14.8. The number of carbonyl (C=O) groups is 11. The molecule has 2 fully saturated rings. The van der Waals surface area contributed by atoms with E-state index < -0.39 is 151 Å². The highest BCUT2D eigenvalue weighted by Gasteiger charge is 2.42. The van der Waals surface area contributed by atoms with Crippen molar-refractivity contribution in [3.05, 3.63) is 35.9 Å². The lowest BCUT2D eigenvalue weighted by molar-refractivity contribution is -0.152. The Hall–Kier alpha value is -6.69. The van der Waals surface area contributed by atoms with Crippen LogP contribution in [-0.4, -0.2) is 239 Å². The molecule has 0 radical (unpaired) electrons. The van der Waals surface area contributed by atoms with Crippen LogP contribution < -0.4 is 21.3 Å². The first-order valence-corrected chi connectivity index (χ1v) is 29.0. The molecule has 0 saturated carbocycles. The van der Waals surface area contributed by atoms with Crippen LogP contribution in [-0.2, 0) is 63.9 Å². The predicted molar refractivity (Wildman–Crippen MR) is 311 cm³/mol. The summed E-state index contributed by atoms with van der Waals surface area (Å²) in [6, 6.07) is -1.65. The van der Waals surface area contributed by atoms with Crippen LogP contribution in [0.2, 0.25) is 0 Å². The van der Waals surface area contributed by atoms with E-state index in [-0.39, 0.29) is 37.6 Å². The summed E-state index contributed by atoms with van der Waals surface area (Å²) in [6.07, 6.45) is 0.464. The molecule has 0 spiro atoms. The summed E-state index contributed by atoms with van der Waals surface area (Å²) in [7, 11) is 8.40. The number of benzene rings is 1. The number of likely N-dealkylation sites (tertiary alicyclic amines) is 1. The molecule has 2 aliphatic heterocycles. The molecule has 11 amide bonds. The zero-order chi connectivity index (χ0) is 63.0. The average molecular weight is 1170 g/mol. The zero-order valence-electron chi connectivity index (χ0n) is 52.3. The third-order valence-corrected chi connectivity index (χ3v) is 15.4. The van der Waals surface area contributed by atoms with Gasteiger partial charge < -0.3 is 65.4 Å². The predicted octanol–water partition coefficient (Wildman–Crippen LogP) is 0.773. The molecule has 0 aliphatic carbocycles. The van der Waals surface area contributed by atoms with E-state index in [2.05, 4.69) is 21.3 Å². The Morgan fingerprint density at radius 1 is 0.627 bits per heavy atom. The van der Waals surface area contributed by atoms with E-state index >= 15 is 0 Å². The standard InChI is InChI=1S/C59H97N11O13/c1-35(2)28-44-51(75)60-32-47(72)63-49(40(8)71)58(82)66(14)39(7)54(78)67(15)45(29-36(3)4)52(76)62-43(34-83-59(9,10)11)50(74)61-42(56(80)70-26-22-19-23-27-70)31-48(73)64(12)33-37(5)53(77)65(13)38(6)55(79)69(17)46(57(81)68(44)16)30-41-24-20-18-21-25-41/h18,20-21,24-25,35-40,42-46,49,71H,19,22-23,26-34H2,1-17H3,(H,60,75)(H,61,74)(H,62,76)(H,63,72)/t37-,38-,39-,40+,42-,43-,44-,45-,46-,49-/m0/s1. The molecule has 24 nitrogen and oxygen atoms in total. The summed E-state index contributed by atoms with van der Waals surface area (Å²) in [5.74, 6) is -8.97. The Labute approximate surface area is 491 Å². The summed E-state index contributed by atoms with van der Waals surface area (Å²) in [5, 5.41) is 21.4. The van der Waals surface area contributed by atoms with Crippen molar-refractivity contribution in [2.75, 3.05) is 75.1 Å². The Balaban J connectivity index is 2.20. The number of ether oxygens (including phenoxy) is 1. The number of carbonyl (C=O) groups excluding carboxylic acids is 11. The van der Waals surface area contributed by atoms with Crippen LogP contribution in [0, 0.1) is 17.8 Å². The lowest BCUT2D eigenvalue weighted by Gasteiger charge is -2.37. The van der Waals surface area contributed by atoms with Gasteiger partial charge in [0.05, 0.1) is 37.2 Å². The fraction of sp³-hybridized carbons (Fsp3) is 0.712. The maximum atomic E-state index is 14.8. The fourth-order valence-corrected chi connectivity index (χ4v) is 9.98. The number of nitrogens with one attached hydrogen (secondary N) is 4. The molecule has 1 aromatic rings. The first-order chi connectivity index (χ1) is 38.6. The van der Waals surface area contributed by atoms with E-state index in [1.54, 1.807) is 62.9 Å². The molecule has 2 heterocycles. The molecule has 0 bridgehead atoms. The van der Waals surface area contributed by atoms with E-state index in [4.69, 9.17) is 4.74 Å². The fourth-order valence-electron chi connectivity index (χ4n) is 9.98. The molecule has 83 heavy (non-hydrogen) atoms. The number of rotatable bonds is 10. The number of piperidine rings is 1. The highest BCUT2D eigenvalue weighted by atomic mass is 16.5. The van der Waals surface area contributed by atoms with E-state index in [1.807, 2.05) is 27.7 Å². The summed E-state index contributed by atoms with van der Waals surface area (Å²) in [6.45, 7) is 17.8. The normalized spacial score (nSPS) is 26.6. The van der Waals surface area contributed by atoms with Gasteiger partial charge in [0.25, 0.3) is 0 Å². The minimum Gasteiger partial charge on any atom is -0.391 e. The van der Waals surface area contributed by atoms with Gasteiger partial charge in [-0.1, -0.05) is 65.0 Å². The zero-order valence-corrected chi connectivity index (χ0v) is 52.3. The summed E-state index contributed by atoms with van der Waals surface area (Å²) in [4.78, 5) is 166. The maximum Gasteiger partial charge on any atom is 0.248 e. The van der Waals surface area contributed by atoms with Gasteiger partial charge in [-0.25, -0.2) is 0 Å². The van der Waals surface area contributed by atoms with Crippen molar-refractivity contribution >= 4 is 65.0 Å². The summed E-state index contributed by atoms with van der Waals surface area (Å²) < 4.78 is 6.04. The van der Waals surface area contributed by atoms with Gasteiger partial charge in [0.1, 0.15) is 48.3 Å². The molecule has 5 N–H and O–H groups in total. The van der Waals surface area contributed by atoms with Crippen LogP contribution in [0.5, 0.6) is 0 Å². The SMILES string of the molecule is CC(C)C[C@H]1C(=O)N[C@@H](COC(C)(C)C)C(=O)N[C@H](C(=O)N2CCCCC2)CC(=O)N(C)C[C@H](C)C(=O)N(C)[C@@H](C)C(=O)N(C)[C@@H](Cc2ccccc2)C(=O)N(C)[C@@H](CC(C)C)C(=O)NCC(=O)N[C@@H]([C@@H](C)O)C(=O)N(C)[C@@H](C)C(=O)N1C. The van der Waals surface area contributed by atoms with Crippen LogP contribution in [0.25, 0.3) is 0 Å². The molecule has 0 aromatic heterocycles. The molecule has 10 atom stereocenters. The van der Waals surface area contributed by atoms with Crippen molar-refractivity contribution in [2.45, 2.75) is 181 Å². The van der Waals surface area contributed by atoms with Crippen molar-refractivity contribution in [3.63, 3.8) is 0 Å². The van der Waals surface area contributed by atoms with Gasteiger partial charge in [0, 0.05) is 68.3 Å². The molecular formula is C59H97N11O13. The lowest BCUT2D eigenvalue weighted by atomic mass is 9.98. The summed E-state index contributed by atoms with van der Waals surface area (Å²) >= 11 is 0. The topological polar surface area (TPSA) is 288 Å². The lowest BCUT2D eigenvalue weighted by Crippen LogP contribution is -2.61. The monoisotopic (exact) mass is 1170 g/mol. The highest BCUT2D eigenvalue weighted by Crippen LogP contribution is 2.21. The molecule has 24 heteroatoms. The van der Waals surface area contributed by atoms with Gasteiger partial charge in [0.2, 0.25) is 65.0 Å². The number of hydrogen-bond donors (Lipinski definition) is 5. The number of nitrogens with zero attached hydrogens (tertiary/aromatic N) is 7. The van der Waals surface area contributed by atoms with Gasteiger partial charge in [0.15, 0.2) is 0 Å². The third kappa shape index (κ3) is 20.6. The number of hydrogen-bond acceptors (Lipinski definition) is 13. The van der Waals surface area contributed by atoms with Gasteiger partial charge in [-0.3, -0.25) is 52.7 Å². The van der Waals surface area contributed by atoms with Crippen LogP contribution in [0.3, 0.4) is 0 Å². The van der Waals surface area contributed by atoms with Crippen LogP contribution >= 0.6 is 0 Å². The Morgan fingerprint density at radius 2 is 1.13 bits per heavy atom. The molecular weight excluding hydrogens is 1070 g/mol. The van der Waals surface area contributed by atoms with Crippen LogP contribution in [0.1, 0.15) is 120 Å². The van der Waals surface area contributed by atoms with Gasteiger partial charge in [-0.15, -0.1) is 0 Å². The van der Waals surface area contributed by atoms with Crippen molar-refractivity contribution < 1.29 is 62.6 Å². The Morgan fingerprint density at radius 3 is 1.65 bits per heavy atom. The Kier molecular flexibility index (Phi) is 27.1. The van der Waals surface area contributed by atoms with E-state index in [9.17, 15) is 57.8 Å². The van der Waals surface area contributed by atoms with E-state index in [1.165, 1.54) is 82.7 Å². The van der Waals surface area contributed by atoms with Crippen molar-refractivity contribution in [1.82, 2.24) is 55.6 Å². The first-order valence-electron chi connectivity index (χ1n) is 29.0. The van der Waals surface area contributed by atoms with E-state index in [0.29, 0.717) is 31.5 Å². The smallest absolute Gasteiger partial charge is 0.248 e. The minimum absolute atomic E-state index is 0.0162. The summed E-state index contributed by atoms with van der Waals surface area (Å²) in [5.41, 5.74) is -0.134. The number of aliphatic hydroxyl groups excluding tert-OH is 1. The third-order valence-electron chi connectivity index (χ3n) is 15.4. The quantitative estimate of drug-likeness (QED) is 0.217. The number of amides is 11. The van der Waals surface area contributed by atoms with Gasteiger partial charge in [-0.05, 0) is 91.0 Å². The minimum atomic E-state index is -1.63. The second-order valence-electron chi connectivity index (χ2n) is 24.4. The molecule has 2 aliphatic rings. The first kappa shape index (κ1) is 70.6. The van der Waals surface area contributed by atoms with Crippen molar-refractivity contribution in [2.24, 2.45) is 17.8 Å². The Bertz CT molecular complexity index is 2430. The van der Waals surface area contributed by atoms with Crippen LogP contribution in [0.4, 0.5) is 0 Å². The second-order valence-corrected chi connectivity index (χ2v) is 24.4. The molecule has 1 aromatic carbocycles. The molecule has 466 valence electrons. The second kappa shape index (κ2) is 31.8. The van der Waals surface area contributed by atoms with Gasteiger partial charge >= 0.3 is 0 Å². The number of aliphatic hydroxyl groups is 1. The highest BCUT2D eigenvalue weighted by molar-refractivity contribution is 5.99. The van der Waals surface area contributed by atoms with Crippen LogP contribution in [0.15, 0.2) is 30.3 Å². The largest absolute Gasteiger partial charge is 0.391 e. The molecule has 2 saturated heterocycles. The number of likely N-dealkylation sites (N-methyl/N-ethyl adjacent to an activating group) is 5.